The van der Waals surface area contributed by atoms with E-state index in [0.717, 1.165) is 5.56 Å². The lowest BCUT2D eigenvalue weighted by atomic mass is 10.2. The molecule has 2 N–H and O–H groups in total. The summed E-state index contributed by atoms with van der Waals surface area (Å²) < 4.78 is 43.4. The minimum Gasteiger partial charge on any atom is -0.487 e. The number of sulfonamides is 1. The Morgan fingerprint density at radius 3 is 2.29 bits per heavy atom. The van der Waals surface area contributed by atoms with Crippen molar-refractivity contribution in [2.45, 2.75) is 44.3 Å². The number of carbonyl (C=O) groups excluding carboxylic acids is 3. The molecule has 2 aromatic rings. The second kappa shape index (κ2) is 11.6. The summed E-state index contributed by atoms with van der Waals surface area (Å²) in [6, 6.07) is 12.9. The summed E-state index contributed by atoms with van der Waals surface area (Å²) in [5, 5.41) is 2.03. The van der Waals surface area contributed by atoms with Crippen LogP contribution in [0.4, 0.5) is 4.79 Å². The average Bonchev–Trinajstić information content (AvgIpc) is 2.76. The molecule has 0 saturated carbocycles. The molecule has 10 nitrogen and oxygen atoms in total. The fourth-order valence-electron chi connectivity index (χ4n) is 2.68. The maximum absolute atomic E-state index is 12.9. The van der Waals surface area contributed by atoms with Crippen molar-refractivity contribution in [1.29, 1.82) is 0 Å². The number of benzene rings is 2. The highest BCUT2D eigenvalue weighted by atomic mass is 32.2. The van der Waals surface area contributed by atoms with Crippen molar-refractivity contribution in [2.75, 3.05) is 13.7 Å². The molecule has 34 heavy (non-hydrogen) atoms. The third kappa shape index (κ3) is 8.49. The van der Waals surface area contributed by atoms with Crippen LogP contribution in [0, 0.1) is 0 Å². The SMILES string of the molecule is COC(=O)c1ccc(S(=O)(=O)NCCC(=O)NC(=O)OC(C)(C)C)c(OCc2ccccc2)c1. The monoisotopic (exact) mass is 492 g/mol. The maximum atomic E-state index is 12.9. The van der Waals surface area contributed by atoms with Gasteiger partial charge in [-0.2, -0.15) is 0 Å². The summed E-state index contributed by atoms with van der Waals surface area (Å²) >= 11 is 0. The summed E-state index contributed by atoms with van der Waals surface area (Å²) in [7, 11) is -2.91. The highest BCUT2D eigenvalue weighted by Crippen LogP contribution is 2.26. The molecule has 0 unspecified atom stereocenters. The van der Waals surface area contributed by atoms with Gasteiger partial charge in [-0.1, -0.05) is 30.3 Å². The van der Waals surface area contributed by atoms with Gasteiger partial charge >= 0.3 is 12.1 Å². The molecular weight excluding hydrogens is 464 g/mol. The molecule has 2 rings (SSSR count). The molecule has 0 heterocycles. The number of esters is 1. The summed E-state index contributed by atoms with van der Waals surface area (Å²) in [4.78, 5) is 35.2. The van der Waals surface area contributed by atoms with Gasteiger partial charge in [-0.3, -0.25) is 10.1 Å². The number of hydrogen-bond donors (Lipinski definition) is 2. The van der Waals surface area contributed by atoms with E-state index in [1.54, 1.807) is 32.9 Å². The number of amides is 2. The first-order chi connectivity index (χ1) is 15.9. The van der Waals surface area contributed by atoms with Crippen LogP contribution in [0.2, 0.25) is 0 Å². The van der Waals surface area contributed by atoms with E-state index in [-0.39, 0.29) is 35.8 Å². The van der Waals surface area contributed by atoms with Crippen LogP contribution in [-0.2, 0) is 30.9 Å². The predicted octanol–water partition coefficient (Wildman–Crippen LogP) is 2.77. The van der Waals surface area contributed by atoms with Gasteiger partial charge in [0.15, 0.2) is 0 Å². The molecule has 0 aliphatic heterocycles. The van der Waals surface area contributed by atoms with E-state index in [1.807, 2.05) is 23.5 Å². The second-order valence-electron chi connectivity index (χ2n) is 8.13. The van der Waals surface area contributed by atoms with Gasteiger partial charge in [-0.05, 0) is 44.5 Å². The molecule has 0 aliphatic carbocycles. The topological polar surface area (TPSA) is 137 Å². The Labute approximate surface area is 198 Å². The van der Waals surface area contributed by atoms with E-state index in [1.165, 1.54) is 25.3 Å². The molecule has 11 heteroatoms. The zero-order valence-corrected chi connectivity index (χ0v) is 20.2. The highest BCUT2D eigenvalue weighted by Gasteiger charge is 2.23. The maximum Gasteiger partial charge on any atom is 0.414 e. The zero-order valence-electron chi connectivity index (χ0n) is 19.4. The number of methoxy groups -OCH3 is 1. The number of ether oxygens (including phenoxy) is 3. The van der Waals surface area contributed by atoms with Crippen LogP contribution in [0.3, 0.4) is 0 Å². The minimum absolute atomic E-state index is 0.0579. The number of nitrogens with one attached hydrogen (secondary N) is 2. The van der Waals surface area contributed by atoms with Crippen molar-refractivity contribution >= 4 is 28.0 Å². The Bertz CT molecular complexity index is 1130. The molecule has 2 aromatic carbocycles. The number of carbonyl (C=O) groups is 3. The molecule has 0 fully saturated rings. The van der Waals surface area contributed by atoms with Crippen molar-refractivity contribution in [3.8, 4) is 5.75 Å². The van der Waals surface area contributed by atoms with Crippen molar-refractivity contribution in [2.24, 2.45) is 0 Å². The van der Waals surface area contributed by atoms with E-state index in [0.29, 0.717) is 0 Å². The van der Waals surface area contributed by atoms with Gasteiger partial charge in [0.2, 0.25) is 15.9 Å². The lowest BCUT2D eigenvalue weighted by molar-refractivity contribution is -0.120. The molecule has 0 spiro atoms. The van der Waals surface area contributed by atoms with Crippen LogP contribution in [0.1, 0.15) is 43.1 Å². The molecule has 0 saturated heterocycles. The van der Waals surface area contributed by atoms with Gasteiger partial charge in [0, 0.05) is 13.0 Å². The van der Waals surface area contributed by atoms with Crippen LogP contribution < -0.4 is 14.8 Å². The number of hydrogen-bond acceptors (Lipinski definition) is 8. The van der Waals surface area contributed by atoms with Gasteiger partial charge in [-0.25, -0.2) is 22.7 Å². The van der Waals surface area contributed by atoms with Crippen molar-refractivity contribution in [3.63, 3.8) is 0 Å². The third-order valence-electron chi connectivity index (χ3n) is 4.18. The molecular formula is C23H28N2O8S. The first-order valence-electron chi connectivity index (χ1n) is 10.3. The second-order valence-corrected chi connectivity index (χ2v) is 9.86. The molecule has 0 aromatic heterocycles. The third-order valence-corrected chi connectivity index (χ3v) is 5.68. The molecule has 184 valence electrons. The number of alkyl carbamates (subject to hydrolysis) is 1. The fraction of sp³-hybridized carbons (Fsp3) is 0.348. The minimum atomic E-state index is -4.12. The zero-order chi connectivity index (χ0) is 25.4. The van der Waals surface area contributed by atoms with Crippen LogP contribution in [-0.4, -0.2) is 45.6 Å². The molecule has 0 radical (unpaired) electrons. The first-order valence-corrected chi connectivity index (χ1v) is 11.8. The van der Waals surface area contributed by atoms with Gasteiger partial charge < -0.3 is 14.2 Å². The Kier molecular flexibility index (Phi) is 9.16. The van der Waals surface area contributed by atoms with Crippen molar-refractivity contribution in [1.82, 2.24) is 10.0 Å². The largest absolute Gasteiger partial charge is 0.487 e. The quantitative estimate of drug-likeness (QED) is 0.510. The standard InChI is InChI=1S/C23H28N2O8S/c1-23(2,3)33-22(28)25-20(26)12-13-24-34(29,30)19-11-10-17(21(27)31-4)14-18(19)32-15-16-8-6-5-7-9-16/h5-11,14,24H,12-13,15H2,1-4H3,(H,25,26,28). The van der Waals surface area contributed by atoms with Crippen LogP contribution in [0.5, 0.6) is 5.75 Å². The van der Waals surface area contributed by atoms with E-state index >= 15 is 0 Å². The van der Waals surface area contributed by atoms with E-state index in [2.05, 4.69) is 4.72 Å². The smallest absolute Gasteiger partial charge is 0.414 e. The van der Waals surface area contributed by atoms with Gasteiger partial charge in [-0.15, -0.1) is 0 Å². The van der Waals surface area contributed by atoms with E-state index in [9.17, 15) is 22.8 Å². The molecule has 0 atom stereocenters. The van der Waals surface area contributed by atoms with Gasteiger partial charge in [0.1, 0.15) is 22.9 Å². The van der Waals surface area contributed by atoms with Crippen molar-refractivity contribution < 1.29 is 37.0 Å². The highest BCUT2D eigenvalue weighted by molar-refractivity contribution is 7.89. The lowest BCUT2D eigenvalue weighted by Gasteiger charge is -2.19. The number of rotatable bonds is 9. The Balaban J connectivity index is 2.10. The van der Waals surface area contributed by atoms with E-state index in [4.69, 9.17) is 14.2 Å². The first kappa shape index (κ1) is 26.8. The number of imide groups is 1. The predicted molar refractivity (Wildman–Crippen MR) is 123 cm³/mol. The van der Waals surface area contributed by atoms with Crippen LogP contribution in [0.25, 0.3) is 0 Å². The Morgan fingerprint density at radius 1 is 1.00 bits per heavy atom. The van der Waals surface area contributed by atoms with Crippen LogP contribution in [0.15, 0.2) is 53.4 Å². The van der Waals surface area contributed by atoms with Gasteiger partial charge in [0.25, 0.3) is 0 Å². The summed E-state index contributed by atoms with van der Waals surface area (Å²) in [6.45, 7) is 4.72. The van der Waals surface area contributed by atoms with Crippen LogP contribution >= 0.6 is 0 Å². The summed E-state index contributed by atoms with van der Waals surface area (Å²) in [5.41, 5.74) is 0.126. The Hall–Kier alpha value is -3.44. The molecule has 0 bridgehead atoms. The average molecular weight is 493 g/mol. The lowest BCUT2D eigenvalue weighted by Crippen LogP contribution is -2.38. The fourth-order valence-corrected chi connectivity index (χ4v) is 3.84. The van der Waals surface area contributed by atoms with E-state index < -0.39 is 33.6 Å². The molecule has 2 amide bonds. The van der Waals surface area contributed by atoms with Crippen molar-refractivity contribution in [3.05, 3.63) is 59.7 Å². The Morgan fingerprint density at radius 2 is 1.68 bits per heavy atom. The summed E-state index contributed by atoms with van der Waals surface area (Å²) in [5.74, 6) is -1.42. The summed E-state index contributed by atoms with van der Waals surface area (Å²) in [6.07, 6.45) is -1.23. The normalized spacial score (nSPS) is 11.4. The molecule has 0 aliphatic rings. The van der Waals surface area contributed by atoms with Gasteiger partial charge in [0.05, 0.1) is 12.7 Å².